The molecule has 0 saturated carbocycles. The Morgan fingerprint density at radius 1 is 0.967 bits per heavy atom. The van der Waals surface area contributed by atoms with Crippen LogP contribution in [0.4, 0.5) is 4.39 Å². The predicted octanol–water partition coefficient (Wildman–Crippen LogP) is 6.93. The van der Waals surface area contributed by atoms with E-state index in [9.17, 15) is 4.39 Å². The lowest BCUT2D eigenvalue weighted by Gasteiger charge is -2.25. The molecular formula is C27H27FO2. The van der Waals surface area contributed by atoms with Crippen molar-refractivity contribution in [3.05, 3.63) is 89.7 Å². The van der Waals surface area contributed by atoms with Crippen molar-refractivity contribution in [2.24, 2.45) is 0 Å². The van der Waals surface area contributed by atoms with Crippen molar-refractivity contribution in [2.45, 2.75) is 38.5 Å². The van der Waals surface area contributed by atoms with Gasteiger partial charge in [-0.1, -0.05) is 42.3 Å². The average Bonchev–Trinajstić information content (AvgIpc) is 2.77. The average molecular weight is 403 g/mol. The summed E-state index contributed by atoms with van der Waals surface area (Å²) in [6.45, 7) is 4.66. The number of aryl methyl sites for hydroxylation is 1. The van der Waals surface area contributed by atoms with Gasteiger partial charge in [0.15, 0.2) is 11.6 Å². The van der Waals surface area contributed by atoms with E-state index in [2.05, 4.69) is 12.8 Å². The third-order valence-corrected chi connectivity index (χ3v) is 5.21. The minimum absolute atomic E-state index is 0.239. The van der Waals surface area contributed by atoms with E-state index in [4.69, 9.17) is 15.9 Å². The lowest BCUT2D eigenvalue weighted by molar-refractivity contribution is 0.339. The van der Waals surface area contributed by atoms with Crippen LogP contribution >= 0.6 is 0 Å². The van der Waals surface area contributed by atoms with Gasteiger partial charge in [0.05, 0.1) is 12.0 Å². The van der Waals surface area contributed by atoms with Crippen molar-refractivity contribution in [2.75, 3.05) is 6.61 Å². The predicted molar refractivity (Wildman–Crippen MR) is 120 cm³/mol. The summed E-state index contributed by atoms with van der Waals surface area (Å²) < 4.78 is 25.5. The molecule has 0 heterocycles. The van der Waals surface area contributed by atoms with Crippen molar-refractivity contribution in [1.82, 2.24) is 0 Å². The van der Waals surface area contributed by atoms with Crippen LogP contribution in [-0.4, -0.2) is 6.61 Å². The fourth-order valence-electron chi connectivity index (χ4n) is 3.44. The minimum Gasteiger partial charge on any atom is -0.494 e. The second-order valence-corrected chi connectivity index (χ2v) is 7.47. The van der Waals surface area contributed by atoms with Gasteiger partial charge in [-0.3, -0.25) is 0 Å². The van der Waals surface area contributed by atoms with E-state index in [0.29, 0.717) is 12.4 Å². The van der Waals surface area contributed by atoms with Crippen molar-refractivity contribution >= 4 is 0 Å². The third-order valence-electron chi connectivity index (χ3n) is 5.21. The monoisotopic (exact) mass is 402 g/mol. The van der Waals surface area contributed by atoms with Gasteiger partial charge in [-0.05, 0) is 80.6 Å². The number of para-hydroxylation sites is 1. The van der Waals surface area contributed by atoms with Gasteiger partial charge in [-0.15, -0.1) is 6.42 Å². The van der Waals surface area contributed by atoms with Gasteiger partial charge in [-0.2, -0.15) is 0 Å². The summed E-state index contributed by atoms with van der Waals surface area (Å²) in [6.07, 6.45) is 8.38. The van der Waals surface area contributed by atoms with Crippen LogP contribution < -0.4 is 9.47 Å². The summed E-state index contributed by atoms with van der Waals surface area (Å²) in [4.78, 5) is 0. The number of rotatable bonds is 9. The molecule has 3 rings (SSSR count). The molecule has 1 atom stereocenters. The molecule has 0 saturated heterocycles. The maximum atomic E-state index is 14.2. The van der Waals surface area contributed by atoms with Crippen molar-refractivity contribution in [3.63, 3.8) is 0 Å². The minimum atomic E-state index is -0.392. The normalized spacial score (nSPS) is 12.6. The summed E-state index contributed by atoms with van der Waals surface area (Å²) in [7, 11) is 0. The first-order valence-electron chi connectivity index (χ1n) is 10.3. The van der Waals surface area contributed by atoms with E-state index in [1.807, 2.05) is 49.4 Å². The second kappa shape index (κ2) is 9.98. The molecule has 0 amide bonds. The highest BCUT2D eigenvalue weighted by atomic mass is 19.1. The van der Waals surface area contributed by atoms with Crippen molar-refractivity contribution in [1.29, 1.82) is 0 Å². The molecule has 3 heteroatoms. The van der Waals surface area contributed by atoms with Crippen LogP contribution in [0.2, 0.25) is 0 Å². The zero-order chi connectivity index (χ0) is 21.4. The van der Waals surface area contributed by atoms with Crippen LogP contribution in [0.15, 0.2) is 72.8 Å². The molecule has 0 spiro atoms. The van der Waals surface area contributed by atoms with Crippen LogP contribution in [-0.2, 0) is 11.8 Å². The van der Waals surface area contributed by atoms with Crippen LogP contribution in [0.25, 0.3) is 0 Å². The van der Waals surface area contributed by atoms with Gasteiger partial charge in [0, 0.05) is 0 Å². The van der Waals surface area contributed by atoms with Gasteiger partial charge < -0.3 is 9.47 Å². The Hall–Kier alpha value is -3.25. The molecule has 0 radical (unpaired) electrons. The summed E-state index contributed by atoms with van der Waals surface area (Å²) >= 11 is 0. The van der Waals surface area contributed by atoms with E-state index in [0.717, 1.165) is 36.1 Å². The summed E-state index contributed by atoms with van der Waals surface area (Å²) in [5, 5.41) is 0. The summed E-state index contributed by atoms with van der Waals surface area (Å²) in [6, 6.07) is 22.2. The Kier molecular flexibility index (Phi) is 7.14. The maximum absolute atomic E-state index is 14.2. The lowest BCUT2D eigenvalue weighted by Crippen LogP contribution is -2.20. The standard InChI is InChI=1S/C27H27FO2/c1-4-27(3,22-12-9-15-24(20-22)29-5-2)18-10-11-21-16-17-25(28)26(19-21)30-23-13-7-6-8-14-23/h1,6-9,12-17,19-20H,5,10-11,18H2,2-3H3. The summed E-state index contributed by atoms with van der Waals surface area (Å²) in [5.74, 6) is 4.28. The molecule has 30 heavy (non-hydrogen) atoms. The topological polar surface area (TPSA) is 18.5 Å². The fraction of sp³-hybridized carbons (Fsp3) is 0.259. The molecule has 3 aromatic rings. The Labute approximate surface area is 178 Å². The third kappa shape index (κ3) is 5.42. The Morgan fingerprint density at radius 2 is 1.73 bits per heavy atom. The zero-order valence-electron chi connectivity index (χ0n) is 17.5. The maximum Gasteiger partial charge on any atom is 0.165 e. The Bertz CT molecular complexity index is 1010. The Balaban J connectivity index is 1.67. The number of hydrogen-bond acceptors (Lipinski definition) is 2. The molecule has 154 valence electrons. The van der Waals surface area contributed by atoms with Crippen molar-refractivity contribution in [3.8, 4) is 29.6 Å². The summed E-state index contributed by atoms with van der Waals surface area (Å²) in [5.41, 5.74) is 1.70. The quantitative estimate of drug-likeness (QED) is 0.361. The molecule has 0 aliphatic rings. The van der Waals surface area contributed by atoms with E-state index < -0.39 is 5.41 Å². The number of terminal acetylenes is 1. The van der Waals surface area contributed by atoms with Gasteiger partial charge in [0.25, 0.3) is 0 Å². The highest BCUT2D eigenvalue weighted by Crippen LogP contribution is 2.32. The Morgan fingerprint density at radius 3 is 2.47 bits per heavy atom. The van der Waals surface area contributed by atoms with Crippen LogP contribution in [0, 0.1) is 18.2 Å². The second-order valence-electron chi connectivity index (χ2n) is 7.47. The molecule has 0 bridgehead atoms. The van der Waals surface area contributed by atoms with Gasteiger partial charge in [-0.25, -0.2) is 4.39 Å². The molecule has 0 aliphatic carbocycles. The van der Waals surface area contributed by atoms with Crippen LogP contribution in [0.5, 0.6) is 17.2 Å². The molecule has 3 aromatic carbocycles. The highest BCUT2D eigenvalue weighted by Gasteiger charge is 2.24. The number of halogens is 1. The van der Waals surface area contributed by atoms with E-state index in [-0.39, 0.29) is 11.6 Å². The van der Waals surface area contributed by atoms with Crippen LogP contribution in [0.1, 0.15) is 37.8 Å². The molecule has 1 unspecified atom stereocenters. The largest absolute Gasteiger partial charge is 0.494 e. The SMILES string of the molecule is C#CC(C)(CCCc1ccc(F)c(Oc2ccccc2)c1)c1cccc(OCC)c1. The molecule has 0 aromatic heterocycles. The number of ether oxygens (including phenoxy) is 2. The first kappa shape index (κ1) is 21.5. The van der Waals surface area contributed by atoms with E-state index in [1.165, 1.54) is 6.07 Å². The number of benzene rings is 3. The van der Waals surface area contributed by atoms with Gasteiger partial charge in [0.1, 0.15) is 11.5 Å². The molecular weight excluding hydrogens is 375 g/mol. The first-order valence-corrected chi connectivity index (χ1v) is 10.3. The highest BCUT2D eigenvalue weighted by molar-refractivity contribution is 5.39. The first-order chi connectivity index (χ1) is 14.5. The van der Waals surface area contributed by atoms with E-state index >= 15 is 0 Å². The zero-order valence-corrected chi connectivity index (χ0v) is 17.5. The molecule has 0 aliphatic heterocycles. The number of hydrogen-bond donors (Lipinski definition) is 0. The van der Waals surface area contributed by atoms with Crippen molar-refractivity contribution < 1.29 is 13.9 Å². The molecule has 0 N–H and O–H groups in total. The van der Waals surface area contributed by atoms with E-state index in [1.54, 1.807) is 24.3 Å². The smallest absolute Gasteiger partial charge is 0.165 e. The van der Waals surface area contributed by atoms with Crippen LogP contribution in [0.3, 0.4) is 0 Å². The molecule has 2 nitrogen and oxygen atoms in total. The van der Waals surface area contributed by atoms with Gasteiger partial charge in [0.2, 0.25) is 0 Å². The lowest BCUT2D eigenvalue weighted by atomic mass is 9.78. The van der Waals surface area contributed by atoms with Gasteiger partial charge >= 0.3 is 0 Å². The fourth-order valence-corrected chi connectivity index (χ4v) is 3.44. The molecule has 0 fully saturated rings.